The number of aromatic amines is 1. The number of H-pyrrole nitrogens is 1. The molecule has 0 spiro atoms. The minimum absolute atomic E-state index is 0.382. The molecule has 1 aromatic carbocycles. The second-order valence-electron chi connectivity index (χ2n) is 6.37. The average Bonchev–Trinajstić information content (AvgIpc) is 3.27. The van der Waals surface area contributed by atoms with Crippen LogP contribution in [0.1, 0.15) is 12.1 Å². The van der Waals surface area contributed by atoms with Gasteiger partial charge in [0.2, 0.25) is 0 Å². The van der Waals surface area contributed by atoms with Gasteiger partial charge in [0.25, 0.3) is 0 Å². The molecule has 0 saturated carbocycles. The first-order valence-electron chi connectivity index (χ1n) is 8.55. The Kier molecular flexibility index (Phi) is 5.47. The van der Waals surface area contributed by atoms with E-state index in [1.165, 1.54) is 11.3 Å². The van der Waals surface area contributed by atoms with Gasteiger partial charge in [-0.1, -0.05) is 41.2 Å². The number of fused-ring (bicyclic) bond motifs is 3. The topological polar surface area (TPSA) is 54.9 Å². The van der Waals surface area contributed by atoms with E-state index in [0.717, 1.165) is 48.2 Å². The van der Waals surface area contributed by atoms with Crippen molar-refractivity contribution >= 4 is 46.1 Å². The Bertz CT molecular complexity index is 910. The van der Waals surface area contributed by atoms with Crippen molar-refractivity contribution in [3.05, 3.63) is 40.3 Å². The Balaban J connectivity index is 1.74. The van der Waals surface area contributed by atoms with E-state index < -0.39 is 0 Å². The number of nitrogens with zero attached hydrogens (tertiary/aromatic N) is 2. The molecule has 1 unspecified atom stereocenters. The summed E-state index contributed by atoms with van der Waals surface area (Å²) in [4.78, 5) is 0. The number of benzene rings is 1. The lowest BCUT2D eigenvalue weighted by Crippen LogP contribution is -2.34. The maximum absolute atomic E-state index is 6.61. The van der Waals surface area contributed by atoms with E-state index in [-0.39, 0.29) is 0 Å². The molecule has 5 nitrogen and oxygen atoms in total. The van der Waals surface area contributed by atoms with E-state index in [4.69, 9.17) is 27.9 Å². The molecule has 1 aliphatic heterocycles. The molecule has 0 amide bonds. The quantitative estimate of drug-likeness (QED) is 0.462. The van der Waals surface area contributed by atoms with Crippen molar-refractivity contribution in [3.8, 4) is 11.1 Å². The standard InChI is InChI=1S/C18H20Cl2N4OS/c1-25-6-7-26-23-12-2-5-15-16(11-8-21-22-9-11)13-3-4-14(19)17(20)18(13)24(15)10-12/h3-4,8-9,12,23H,2,5-7,10H2,1H3,(H,21,22). The highest BCUT2D eigenvalue weighted by Crippen LogP contribution is 2.42. The van der Waals surface area contributed by atoms with Crippen LogP contribution in [0.4, 0.5) is 0 Å². The number of aromatic nitrogens is 3. The zero-order valence-electron chi connectivity index (χ0n) is 14.4. The van der Waals surface area contributed by atoms with Gasteiger partial charge in [-0.25, -0.2) is 0 Å². The van der Waals surface area contributed by atoms with Crippen LogP contribution < -0.4 is 4.72 Å². The zero-order chi connectivity index (χ0) is 18.1. The van der Waals surface area contributed by atoms with E-state index in [1.54, 1.807) is 19.1 Å². The zero-order valence-corrected chi connectivity index (χ0v) is 16.7. The monoisotopic (exact) mass is 410 g/mol. The third-order valence-corrected chi connectivity index (χ3v) is 6.45. The number of rotatable bonds is 6. The Morgan fingerprint density at radius 2 is 2.31 bits per heavy atom. The normalized spacial score (nSPS) is 17.0. The van der Waals surface area contributed by atoms with Gasteiger partial charge in [0.05, 0.1) is 28.4 Å². The Hall–Kier alpha value is -1.18. The van der Waals surface area contributed by atoms with Crippen LogP contribution in [0.2, 0.25) is 10.0 Å². The van der Waals surface area contributed by atoms with Gasteiger partial charge in [0, 0.05) is 53.9 Å². The highest BCUT2D eigenvalue weighted by atomic mass is 35.5. The molecular formula is C18H20Cl2N4OS. The minimum Gasteiger partial charge on any atom is -0.384 e. The smallest absolute Gasteiger partial charge is 0.0835 e. The summed E-state index contributed by atoms with van der Waals surface area (Å²) in [6.45, 7) is 1.61. The number of nitrogens with one attached hydrogen (secondary N) is 2. The summed E-state index contributed by atoms with van der Waals surface area (Å²) in [6, 6.07) is 4.32. The highest BCUT2D eigenvalue weighted by Gasteiger charge is 2.27. The van der Waals surface area contributed by atoms with Gasteiger partial charge in [0.1, 0.15) is 0 Å². The van der Waals surface area contributed by atoms with Crippen LogP contribution in [-0.4, -0.2) is 40.3 Å². The van der Waals surface area contributed by atoms with E-state index in [9.17, 15) is 0 Å². The second-order valence-corrected chi connectivity index (χ2v) is 8.09. The van der Waals surface area contributed by atoms with Gasteiger partial charge < -0.3 is 9.30 Å². The maximum Gasteiger partial charge on any atom is 0.0835 e. The van der Waals surface area contributed by atoms with Crippen molar-refractivity contribution in [2.75, 3.05) is 19.5 Å². The van der Waals surface area contributed by atoms with Crippen LogP contribution in [-0.2, 0) is 17.7 Å². The molecule has 0 radical (unpaired) electrons. The fourth-order valence-electron chi connectivity index (χ4n) is 3.62. The summed E-state index contributed by atoms with van der Waals surface area (Å²) in [7, 11) is 1.72. The molecule has 1 aliphatic rings. The maximum atomic E-state index is 6.61. The van der Waals surface area contributed by atoms with Crippen molar-refractivity contribution < 1.29 is 4.74 Å². The summed E-state index contributed by atoms with van der Waals surface area (Å²) < 4.78 is 11.0. The first-order chi connectivity index (χ1) is 12.7. The summed E-state index contributed by atoms with van der Waals surface area (Å²) in [5, 5.41) is 9.38. The molecule has 3 heterocycles. The molecule has 26 heavy (non-hydrogen) atoms. The molecule has 2 aromatic heterocycles. The second kappa shape index (κ2) is 7.82. The predicted octanol–water partition coefficient (Wildman–Crippen LogP) is 4.54. The molecule has 138 valence electrons. The molecule has 0 fully saturated rings. The van der Waals surface area contributed by atoms with E-state index in [2.05, 4.69) is 25.6 Å². The van der Waals surface area contributed by atoms with Gasteiger partial charge in [-0.15, -0.1) is 0 Å². The van der Waals surface area contributed by atoms with Crippen LogP contribution in [0.3, 0.4) is 0 Å². The van der Waals surface area contributed by atoms with Crippen molar-refractivity contribution in [2.24, 2.45) is 0 Å². The fourth-order valence-corrected chi connectivity index (χ4v) is 4.84. The molecule has 3 aromatic rings. The van der Waals surface area contributed by atoms with Gasteiger partial charge in [-0.05, 0) is 18.9 Å². The third-order valence-electron chi connectivity index (χ3n) is 4.78. The van der Waals surface area contributed by atoms with Crippen LogP contribution in [0.25, 0.3) is 22.0 Å². The SMILES string of the molecule is COCCSNC1CCc2c(-c3cn[nH]c3)c3ccc(Cl)c(Cl)c3n2C1. The van der Waals surface area contributed by atoms with Crippen LogP contribution >= 0.6 is 35.1 Å². The van der Waals surface area contributed by atoms with Crippen LogP contribution in [0, 0.1) is 0 Å². The van der Waals surface area contributed by atoms with Gasteiger partial charge >= 0.3 is 0 Å². The van der Waals surface area contributed by atoms with E-state index >= 15 is 0 Å². The number of ether oxygens (including phenoxy) is 1. The molecule has 8 heteroatoms. The summed E-state index contributed by atoms with van der Waals surface area (Å²) in [6.07, 6.45) is 5.85. The van der Waals surface area contributed by atoms with Gasteiger partial charge in [-0.3, -0.25) is 9.82 Å². The third kappa shape index (κ3) is 3.25. The molecule has 0 bridgehead atoms. The molecular weight excluding hydrogens is 391 g/mol. The van der Waals surface area contributed by atoms with Crippen LogP contribution in [0.15, 0.2) is 24.5 Å². The van der Waals surface area contributed by atoms with Gasteiger partial charge in [-0.2, -0.15) is 5.10 Å². The molecule has 0 aliphatic carbocycles. The minimum atomic E-state index is 0.382. The molecule has 0 saturated heterocycles. The lowest BCUT2D eigenvalue weighted by Gasteiger charge is -2.26. The number of hydrogen-bond donors (Lipinski definition) is 2. The lowest BCUT2D eigenvalue weighted by atomic mass is 9.99. The number of halogens is 2. The predicted molar refractivity (Wildman–Crippen MR) is 109 cm³/mol. The Labute approximate surface area is 166 Å². The Morgan fingerprint density at radius 1 is 1.42 bits per heavy atom. The van der Waals surface area contributed by atoms with Crippen molar-refractivity contribution in [2.45, 2.75) is 25.4 Å². The van der Waals surface area contributed by atoms with Crippen molar-refractivity contribution in [3.63, 3.8) is 0 Å². The largest absolute Gasteiger partial charge is 0.384 e. The average molecular weight is 411 g/mol. The Morgan fingerprint density at radius 3 is 3.08 bits per heavy atom. The molecule has 2 N–H and O–H groups in total. The highest BCUT2D eigenvalue weighted by molar-refractivity contribution is 7.97. The summed E-state index contributed by atoms with van der Waals surface area (Å²) >= 11 is 14.6. The fraction of sp³-hybridized carbons (Fsp3) is 0.389. The number of hydrogen-bond acceptors (Lipinski definition) is 4. The first-order valence-corrected chi connectivity index (χ1v) is 10.3. The van der Waals surface area contributed by atoms with Crippen molar-refractivity contribution in [1.29, 1.82) is 0 Å². The molecule has 4 rings (SSSR count). The van der Waals surface area contributed by atoms with E-state index in [1.807, 2.05) is 18.5 Å². The van der Waals surface area contributed by atoms with E-state index in [0.29, 0.717) is 16.1 Å². The molecule has 1 atom stereocenters. The summed E-state index contributed by atoms with van der Waals surface area (Å²) in [5.74, 6) is 0.930. The summed E-state index contributed by atoms with van der Waals surface area (Å²) in [5.41, 5.74) is 4.60. The van der Waals surface area contributed by atoms with Crippen molar-refractivity contribution in [1.82, 2.24) is 19.5 Å². The van der Waals surface area contributed by atoms with Gasteiger partial charge in [0.15, 0.2) is 0 Å². The van der Waals surface area contributed by atoms with Crippen LogP contribution in [0.5, 0.6) is 0 Å². The number of methoxy groups -OCH3 is 1. The lowest BCUT2D eigenvalue weighted by molar-refractivity contribution is 0.218. The first kappa shape index (κ1) is 18.2.